The number of aromatic nitrogens is 2. The summed E-state index contributed by atoms with van der Waals surface area (Å²) in [6.07, 6.45) is -2.85. The number of nitrogens with zero attached hydrogens (tertiary/aromatic N) is 4. The molecule has 3 heterocycles. The van der Waals surface area contributed by atoms with E-state index in [1.165, 1.54) is 6.07 Å². The Morgan fingerprint density at radius 3 is 2.57 bits per heavy atom. The number of nitriles is 1. The number of rotatable bonds is 5. The number of pyridine rings is 1. The summed E-state index contributed by atoms with van der Waals surface area (Å²) in [6, 6.07) is 12.0. The lowest BCUT2D eigenvalue weighted by Gasteiger charge is -2.26. The summed E-state index contributed by atoms with van der Waals surface area (Å²) in [7, 11) is 0. The van der Waals surface area contributed by atoms with Crippen LogP contribution in [0.5, 0.6) is 0 Å². The Morgan fingerprint density at radius 2 is 1.92 bits per heavy atom. The van der Waals surface area contributed by atoms with Gasteiger partial charge in [-0.05, 0) is 56.2 Å². The van der Waals surface area contributed by atoms with Gasteiger partial charge in [-0.15, -0.1) is 0 Å². The molecule has 0 saturated carbocycles. The lowest BCUT2D eigenvalue weighted by Crippen LogP contribution is -2.40. The number of nitrogens with one attached hydrogen (secondary N) is 1. The number of benzene rings is 1. The average Bonchev–Trinajstić information content (AvgIpc) is 3.21. The standard InChI is InChI=1S/C27H26F3N5O2/c1-26(2,17-31)24-8-6-21(16-33-24)32-9-3-4-22-15-20-14-19(25(36)34-10-12-37-13-11-34)5-7-23(20)35(22)18-27(28,29)30/h5-8,14-16,32H,9-13,18H2,1-2H3. The largest absolute Gasteiger partial charge is 0.406 e. The number of hydrogen-bond acceptors (Lipinski definition) is 5. The van der Waals surface area contributed by atoms with Crippen molar-refractivity contribution >= 4 is 22.5 Å². The molecule has 3 aromatic rings. The fourth-order valence-electron chi connectivity index (χ4n) is 4.01. The minimum absolute atomic E-state index is 0.177. The zero-order valence-electron chi connectivity index (χ0n) is 20.5. The van der Waals surface area contributed by atoms with Gasteiger partial charge in [-0.2, -0.15) is 18.4 Å². The molecular formula is C27H26F3N5O2. The summed E-state index contributed by atoms with van der Waals surface area (Å²) in [6.45, 7) is 4.41. The van der Waals surface area contributed by atoms with Crippen LogP contribution >= 0.6 is 0 Å². The Kier molecular flexibility index (Phi) is 7.42. The van der Waals surface area contributed by atoms with Gasteiger partial charge in [0.05, 0.1) is 54.5 Å². The summed E-state index contributed by atoms with van der Waals surface area (Å²) >= 11 is 0. The first-order valence-corrected chi connectivity index (χ1v) is 11.7. The third-order valence-electron chi connectivity index (χ3n) is 6.06. The molecule has 2 aromatic heterocycles. The Morgan fingerprint density at radius 1 is 1.16 bits per heavy atom. The normalized spacial score (nSPS) is 14.1. The Labute approximate surface area is 212 Å². The Balaban J connectivity index is 1.54. The summed E-state index contributed by atoms with van der Waals surface area (Å²) in [4.78, 5) is 18.8. The van der Waals surface area contributed by atoms with Crippen molar-refractivity contribution in [2.75, 3.05) is 38.2 Å². The first kappa shape index (κ1) is 26.1. The SMILES string of the molecule is CC(C)(C#N)c1ccc(NCC#Cc2cc3cc(C(=O)N4CCOCC4)ccc3n2CC(F)(F)F)cn1. The lowest BCUT2D eigenvalue weighted by molar-refractivity contribution is -0.140. The molecule has 1 aromatic carbocycles. The summed E-state index contributed by atoms with van der Waals surface area (Å²) in [5.41, 5.74) is 1.57. The van der Waals surface area contributed by atoms with Crippen molar-refractivity contribution in [3.63, 3.8) is 0 Å². The van der Waals surface area contributed by atoms with Crippen LogP contribution in [-0.4, -0.2) is 59.4 Å². The van der Waals surface area contributed by atoms with Crippen LogP contribution in [0.25, 0.3) is 10.9 Å². The number of carbonyl (C=O) groups excluding carboxylic acids is 1. The van der Waals surface area contributed by atoms with Crippen LogP contribution in [0.3, 0.4) is 0 Å². The van der Waals surface area contributed by atoms with Crippen molar-refractivity contribution in [3.8, 4) is 17.9 Å². The van der Waals surface area contributed by atoms with Gasteiger partial charge < -0.3 is 19.5 Å². The molecular weight excluding hydrogens is 483 g/mol. The summed E-state index contributed by atoms with van der Waals surface area (Å²) < 4.78 is 46.4. The Hall–Kier alpha value is -4.02. The first-order chi connectivity index (χ1) is 17.6. The highest BCUT2D eigenvalue weighted by atomic mass is 19.4. The van der Waals surface area contributed by atoms with Gasteiger partial charge in [0.15, 0.2) is 0 Å². The van der Waals surface area contributed by atoms with Crippen molar-refractivity contribution in [2.24, 2.45) is 0 Å². The maximum Gasteiger partial charge on any atom is 0.406 e. The quantitative estimate of drug-likeness (QED) is 0.518. The summed E-state index contributed by atoms with van der Waals surface area (Å²) in [5.74, 6) is 5.51. The number of ether oxygens (including phenoxy) is 1. The molecule has 0 aliphatic carbocycles. The molecule has 0 spiro atoms. The molecule has 10 heteroatoms. The van der Waals surface area contributed by atoms with E-state index >= 15 is 0 Å². The van der Waals surface area contributed by atoms with Gasteiger partial charge in [-0.1, -0.05) is 5.92 Å². The van der Waals surface area contributed by atoms with Crippen molar-refractivity contribution in [1.29, 1.82) is 5.26 Å². The minimum atomic E-state index is -4.44. The minimum Gasteiger partial charge on any atom is -0.378 e. The molecule has 7 nitrogen and oxygen atoms in total. The van der Waals surface area contributed by atoms with Crippen LogP contribution in [-0.2, 0) is 16.7 Å². The number of carbonyl (C=O) groups is 1. The van der Waals surface area contributed by atoms with E-state index in [1.807, 2.05) is 0 Å². The van der Waals surface area contributed by atoms with E-state index in [-0.39, 0.29) is 18.1 Å². The molecule has 1 N–H and O–H groups in total. The number of anilines is 1. The topological polar surface area (TPSA) is 83.2 Å². The molecule has 1 aliphatic heterocycles. The van der Waals surface area contributed by atoms with Crippen LogP contribution in [0.2, 0.25) is 0 Å². The number of amides is 1. The van der Waals surface area contributed by atoms with Crippen molar-refractivity contribution in [1.82, 2.24) is 14.5 Å². The highest BCUT2D eigenvalue weighted by molar-refractivity contribution is 5.98. The molecule has 4 rings (SSSR count). The second kappa shape index (κ2) is 10.5. The summed E-state index contributed by atoms with van der Waals surface area (Å²) in [5, 5.41) is 12.8. The van der Waals surface area contributed by atoms with Gasteiger partial charge in [0.25, 0.3) is 5.91 Å². The van der Waals surface area contributed by atoms with Crippen LogP contribution < -0.4 is 5.32 Å². The fraction of sp³-hybridized carbons (Fsp3) is 0.370. The van der Waals surface area contributed by atoms with Crippen molar-refractivity contribution < 1.29 is 22.7 Å². The molecule has 0 atom stereocenters. The lowest BCUT2D eigenvalue weighted by atomic mass is 9.91. The van der Waals surface area contributed by atoms with E-state index in [4.69, 9.17) is 4.74 Å². The van der Waals surface area contributed by atoms with Gasteiger partial charge in [-0.3, -0.25) is 9.78 Å². The monoisotopic (exact) mass is 509 g/mol. The Bertz CT molecular complexity index is 1390. The highest BCUT2D eigenvalue weighted by Gasteiger charge is 2.30. The fourth-order valence-corrected chi connectivity index (χ4v) is 4.01. The predicted octanol–water partition coefficient (Wildman–Crippen LogP) is 4.34. The van der Waals surface area contributed by atoms with E-state index in [0.717, 1.165) is 4.57 Å². The molecule has 192 valence electrons. The number of morpholine rings is 1. The highest BCUT2D eigenvalue weighted by Crippen LogP contribution is 2.27. The van der Waals surface area contributed by atoms with Crippen LogP contribution in [0, 0.1) is 23.2 Å². The zero-order chi connectivity index (χ0) is 26.6. The van der Waals surface area contributed by atoms with Crippen LogP contribution in [0.15, 0.2) is 42.6 Å². The number of hydrogen-bond donors (Lipinski definition) is 1. The van der Waals surface area contributed by atoms with Crippen molar-refractivity contribution in [2.45, 2.75) is 32.0 Å². The molecule has 0 radical (unpaired) electrons. The van der Waals surface area contributed by atoms with E-state index in [1.54, 1.807) is 55.3 Å². The molecule has 0 unspecified atom stereocenters. The van der Waals surface area contributed by atoms with Crippen molar-refractivity contribution in [3.05, 3.63) is 59.5 Å². The van der Waals surface area contributed by atoms with E-state index in [9.17, 15) is 23.2 Å². The first-order valence-electron chi connectivity index (χ1n) is 11.7. The second-order valence-electron chi connectivity index (χ2n) is 9.23. The molecule has 1 fully saturated rings. The third-order valence-corrected chi connectivity index (χ3v) is 6.06. The predicted molar refractivity (Wildman–Crippen MR) is 133 cm³/mol. The van der Waals surface area contributed by atoms with Crippen LogP contribution in [0.1, 0.15) is 35.6 Å². The van der Waals surface area contributed by atoms with Gasteiger partial charge in [0.1, 0.15) is 6.54 Å². The molecule has 37 heavy (non-hydrogen) atoms. The smallest absolute Gasteiger partial charge is 0.378 e. The zero-order valence-corrected chi connectivity index (χ0v) is 20.5. The van der Waals surface area contributed by atoms with E-state index < -0.39 is 18.1 Å². The van der Waals surface area contributed by atoms with Gasteiger partial charge >= 0.3 is 6.18 Å². The molecule has 1 aliphatic rings. The van der Waals surface area contributed by atoms with Gasteiger partial charge in [0, 0.05) is 29.6 Å². The van der Waals surface area contributed by atoms with Crippen LogP contribution in [0.4, 0.5) is 18.9 Å². The third kappa shape index (κ3) is 6.22. The van der Waals surface area contributed by atoms with Gasteiger partial charge in [0.2, 0.25) is 0 Å². The number of fused-ring (bicyclic) bond motifs is 1. The number of alkyl halides is 3. The molecule has 1 saturated heterocycles. The second-order valence-corrected chi connectivity index (χ2v) is 9.23. The molecule has 1 amide bonds. The van der Waals surface area contributed by atoms with E-state index in [0.29, 0.717) is 54.2 Å². The number of halogens is 3. The maximum absolute atomic E-state index is 13.3. The molecule has 0 bridgehead atoms. The van der Waals surface area contributed by atoms with E-state index in [2.05, 4.69) is 28.2 Å². The van der Waals surface area contributed by atoms with Gasteiger partial charge in [-0.25, -0.2) is 0 Å². The maximum atomic E-state index is 13.3. The average molecular weight is 510 g/mol.